The molecular formula is C14H22NO2. The van der Waals surface area contributed by atoms with E-state index in [-0.39, 0.29) is 23.7 Å². The molecule has 3 nitrogen and oxygen atoms in total. The molecule has 17 heavy (non-hydrogen) atoms. The SMILES string of the molecule is CCCCC[CH]N1C(=O)C2CCCCC2C1=O. The number of hydrogen-bond donors (Lipinski definition) is 0. The maximum absolute atomic E-state index is 12.1. The van der Waals surface area contributed by atoms with E-state index in [0.29, 0.717) is 0 Å². The Labute approximate surface area is 104 Å². The van der Waals surface area contributed by atoms with Gasteiger partial charge in [-0.3, -0.25) is 14.5 Å². The Balaban J connectivity index is 1.89. The minimum atomic E-state index is -0.00123. The fourth-order valence-electron chi connectivity index (χ4n) is 2.98. The first-order valence-corrected chi connectivity index (χ1v) is 6.96. The minimum Gasteiger partial charge on any atom is -0.277 e. The van der Waals surface area contributed by atoms with Crippen molar-refractivity contribution in [2.45, 2.75) is 58.3 Å². The zero-order valence-corrected chi connectivity index (χ0v) is 10.7. The molecule has 1 radical (unpaired) electrons. The molecule has 0 aromatic heterocycles. The first kappa shape index (κ1) is 12.6. The fourth-order valence-corrected chi connectivity index (χ4v) is 2.98. The molecule has 1 saturated heterocycles. The van der Waals surface area contributed by atoms with Crippen LogP contribution in [0.2, 0.25) is 0 Å². The van der Waals surface area contributed by atoms with Crippen molar-refractivity contribution in [1.82, 2.24) is 4.90 Å². The number of carbonyl (C=O) groups is 2. The van der Waals surface area contributed by atoms with Crippen LogP contribution in [0.1, 0.15) is 58.3 Å². The van der Waals surface area contributed by atoms with Gasteiger partial charge in [0.2, 0.25) is 11.8 Å². The van der Waals surface area contributed by atoms with Crippen LogP contribution in [0.5, 0.6) is 0 Å². The van der Waals surface area contributed by atoms with Gasteiger partial charge in [0.1, 0.15) is 0 Å². The van der Waals surface area contributed by atoms with Gasteiger partial charge in [-0.05, 0) is 19.3 Å². The third-order valence-electron chi connectivity index (χ3n) is 3.99. The summed E-state index contributed by atoms with van der Waals surface area (Å²) in [6.45, 7) is 3.99. The number of fused-ring (bicyclic) bond motifs is 1. The smallest absolute Gasteiger partial charge is 0.233 e. The quantitative estimate of drug-likeness (QED) is 0.543. The van der Waals surface area contributed by atoms with Gasteiger partial charge in [0, 0.05) is 0 Å². The molecule has 2 unspecified atom stereocenters. The average molecular weight is 236 g/mol. The predicted molar refractivity (Wildman–Crippen MR) is 65.7 cm³/mol. The number of amides is 2. The molecule has 0 bridgehead atoms. The molecule has 1 heterocycles. The third-order valence-corrected chi connectivity index (χ3v) is 3.99. The summed E-state index contributed by atoms with van der Waals surface area (Å²) < 4.78 is 0. The molecule has 1 aliphatic carbocycles. The van der Waals surface area contributed by atoms with E-state index in [1.165, 1.54) is 17.7 Å². The van der Waals surface area contributed by atoms with Crippen molar-refractivity contribution < 1.29 is 9.59 Å². The molecule has 2 rings (SSSR count). The van der Waals surface area contributed by atoms with E-state index in [1.807, 2.05) is 6.54 Å². The number of imide groups is 1. The lowest BCUT2D eigenvalue weighted by atomic mass is 9.81. The summed E-state index contributed by atoms with van der Waals surface area (Å²) in [6, 6.07) is 0. The Morgan fingerprint density at radius 1 is 1.12 bits per heavy atom. The topological polar surface area (TPSA) is 37.4 Å². The van der Waals surface area contributed by atoms with Crippen LogP contribution >= 0.6 is 0 Å². The zero-order chi connectivity index (χ0) is 12.3. The highest BCUT2D eigenvalue weighted by atomic mass is 16.2. The van der Waals surface area contributed by atoms with Gasteiger partial charge >= 0.3 is 0 Å². The van der Waals surface area contributed by atoms with Gasteiger partial charge in [0.25, 0.3) is 0 Å². The maximum Gasteiger partial charge on any atom is 0.233 e. The third kappa shape index (κ3) is 2.53. The molecule has 2 atom stereocenters. The Kier molecular flexibility index (Phi) is 4.19. The highest BCUT2D eigenvalue weighted by Gasteiger charge is 2.47. The fraction of sp³-hybridized carbons (Fsp3) is 0.786. The van der Waals surface area contributed by atoms with Gasteiger partial charge in [-0.25, -0.2) is 0 Å². The lowest BCUT2D eigenvalue weighted by molar-refractivity contribution is -0.138. The highest BCUT2D eigenvalue weighted by Crippen LogP contribution is 2.38. The van der Waals surface area contributed by atoms with Crippen molar-refractivity contribution in [3.05, 3.63) is 6.54 Å². The van der Waals surface area contributed by atoms with E-state index < -0.39 is 0 Å². The van der Waals surface area contributed by atoms with Crippen LogP contribution in [-0.4, -0.2) is 16.7 Å². The van der Waals surface area contributed by atoms with Crippen molar-refractivity contribution in [2.24, 2.45) is 11.8 Å². The molecule has 0 aromatic carbocycles. The number of hydrogen-bond acceptors (Lipinski definition) is 2. The van der Waals surface area contributed by atoms with Crippen molar-refractivity contribution in [3.63, 3.8) is 0 Å². The molecule has 2 fully saturated rings. The van der Waals surface area contributed by atoms with Gasteiger partial charge in [0.05, 0.1) is 18.4 Å². The second-order valence-electron chi connectivity index (χ2n) is 5.22. The lowest BCUT2D eigenvalue weighted by Crippen LogP contribution is -2.28. The van der Waals surface area contributed by atoms with Crippen molar-refractivity contribution in [2.75, 3.05) is 0 Å². The summed E-state index contributed by atoms with van der Waals surface area (Å²) in [6.07, 6.45) is 8.28. The van der Waals surface area contributed by atoms with E-state index in [4.69, 9.17) is 0 Å². The van der Waals surface area contributed by atoms with Crippen molar-refractivity contribution in [1.29, 1.82) is 0 Å². The molecular weight excluding hydrogens is 214 g/mol. The Hall–Kier alpha value is -0.860. The summed E-state index contributed by atoms with van der Waals surface area (Å²) in [7, 11) is 0. The minimum absolute atomic E-state index is 0.00123. The van der Waals surface area contributed by atoms with E-state index in [0.717, 1.165) is 38.5 Å². The van der Waals surface area contributed by atoms with Gasteiger partial charge in [-0.1, -0.05) is 39.0 Å². The molecule has 1 aliphatic heterocycles. The van der Waals surface area contributed by atoms with Crippen LogP contribution < -0.4 is 0 Å². The van der Waals surface area contributed by atoms with Crippen LogP contribution in [0.15, 0.2) is 0 Å². The van der Waals surface area contributed by atoms with Gasteiger partial charge in [-0.2, -0.15) is 0 Å². The number of carbonyl (C=O) groups excluding carboxylic acids is 2. The molecule has 95 valence electrons. The zero-order valence-electron chi connectivity index (χ0n) is 10.7. The molecule has 1 saturated carbocycles. The van der Waals surface area contributed by atoms with Gasteiger partial charge in [0.15, 0.2) is 0 Å². The standard InChI is InChI=1S/C14H22NO2/c1-2-3-4-7-10-15-13(16)11-8-5-6-9-12(11)14(15)17/h10-12H,2-9H2,1H3. The van der Waals surface area contributed by atoms with E-state index in [1.54, 1.807) is 0 Å². The molecule has 3 heteroatoms. The van der Waals surface area contributed by atoms with Crippen molar-refractivity contribution >= 4 is 11.8 Å². The summed E-state index contributed by atoms with van der Waals surface area (Å²) >= 11 is 0. The molecule has 0 N–H and O–H groups in total. The largest absolute Gasteiger partial charge is 0.277 e. The average Bonchev–Trinajstić information content (AvgIpc) is 2.60. The van der Waals surface area contributed by atoms with Crippen LogP contribution in [0.3, 0.4) is 0 Å². The molecule has 0 aromatic rings. The van der Waals surface area contributed by atoms with Crippen LogP contribution in [0, 0.1) is 18.4 Å². The first-order valence-electron chi connectivity index (χ1n) is 6.96. The molecule has 2 aliphatic rings. The first-order chi connectivity index (χ1) is 8.25. The second kappa shape index (κ2) is 5.65. The molecule has 0 spiro atoms. The van der Waals surface area contributed by atoms with Gasteiger partial charge < -0.3 is 0 Å². The molecule has 2 amide bonds. The van der Waals surface area contributed by atoms with Crippen LogP contribution in [-0.2, 0) is 9.59 Å². The Morgan fingerprint density at radius 2 is 1.71 bits per heavy atom. The van der Waals surface area contributed by atoms with Crippen LogP contribution in [0.4, 0.5) is 0 Å². The normalized spacial score (nSPS) is 28.6. The second-order valence-corrected chi connectivity index (χ2v) is 5.22. The number of unbranched alkanes of at least 4 members (excludes halogenated alkanes) is 3. The summed E-state index contributed by atoms with van der Waals surface area (Å²) in [4.78, 5) is 25.6. The highest BCUT2D eigenvalue weighted by molar-refractivity contribution is 6.05. The predicted octanol–water partition coefficient (Wildman–Crippen LogP) is 2.90. The summed E-state index contributed by atoms with van der Waals surface area (Å²) in [5.41, 5.74) is 0. The number of nitrogens with zero attached hydrogens (tertiary/aromatic N) is 1. The number of likely N-dealkylation sites (tertiary alicyclic amines) is 1. The maximum atomic E-state index is 12.1. The Bertz CT molecular complexity index is 277. The summed E-state index contributed by atoms with van der Waals surface area (Å²) in [5, 5.41) is 0. The Morgan fingerprint density at radius 3 is 2.24 bits per heavy atom. The summed E-state index contributed by atoms with van der Waals surface area (Å²) in [5.74, 6) is 0.129. The monoisotopic (exact) mass is 236 g/mol. The lowest BCUT2D eigenvalue weighted by Gasteiger charge is -2.19. The van der Waals surface area contributed by atoms with E-state index in [2.05, 4.69) is 6.92 Å². The van der Waals surface area contributed by atoms with Gasteiger partial charge in [-0.15, -0.1) is 0 Å². The van der Waals surface area contributed by atoms with Crippen molar-refractivity contribution in [3.8, 4) is 0 Å². The van der Waals surface area contributed by atoms with Crippen LogP contribution in [0.25, 0.3) is 0 Å². The van der Waals surface area contributed by atoms with E-state index >= 15 is 0 Å². The van der Waals surface area contributed by atoms with E-state index in [9.17, 15) is 9.59 Å². The number of rotatable bonds is 5.